The van der Waals surface area contributed by atoms with E-state index in [9.17, 15) is 0 Å². The Morgan fingerprint density at radius 3 is 2.86 bits per heavy atom. The van der Waals surface area contributed by atoms with Gasteiger partial charge < -0.3 is 5.32 Å². The predicted molar refractivity (Wildman–Crippen MR) is 93.6 cm³/mol. The van der Waals surface area contributed by atoms with Gasteiger partial charge in [0, 0.05) is 17.1 Å². The highest BCUT2D eigenvalue weighted by Crippen LogP contribution is 2.32. The largest absolute Gasteiger partial charge is 0.370 e. The second kappa shape index (κ2) is 6.51. The van der Waals surface area contributed by atoms with Crippen molar-refractivity contribution in [1.82, 2.24) is 9.78 Å². The van der Waals surface area contributed by atoms with Crippen molar-refractivity contribution in [3.8, 4) is 5.69 Å². The lowest BCUT2D eigenvalue weighted by atomic mass is 10.0. The van der Waals surface area contributed by atoms with Gasteiger partial charge in [-0.25, -0.2) is 4.68 Å². The van der Waals surface area contributed by atoms with Crippen LogP contribution in [0.5, 0.6) is 0 Å². The quantitative estimate of drug-likeness (QED) is 0.841. The van der Waals surface area contributed by atoms with E-state index in [1.54, 1.807) is 6.07 Å². The van der Waals surface area contributed by atoms with Crippen molar-refractivity contribution in [1.29, 1.82) is 0 Å². The third kappa shape index (κ3) is 3.11. The Balaban J connectivity index is 2.14. The van der Waals surface area contributed by atoms with Crippen LogP contribution in [0.2, 0.25) is 10.0 Å². The van der Waals surface area contributed by atoms with Crippen LogP contribution in [0.25, 0.3) is 5.69 Å². The molecule has 0 amide bonds. The molecule has 1 aromatic carbocycles. The minimum atomic E-state index is 0.575. The van der Waals surface area contributed by atoms with Crippen molar-refractivity contribution < 1.29 is 0 Å². The van der Waals surface area contributed by atoms with Crippen molar-refractivity contribution in [3.05, 3.63) is 39.5 Å². The van der Waals surface area contributed by atoms with Crippen LogP contribution < -0.4 is 5.32 Å². The SMILES string of the molecule is CC(C)Cc1nn(-c2cc(Cl)ccc2Cl)c2c1CCCCN2. The number of hydrogen-bond acceptors (Lipinski definition) is 2. The summed E-state index contributed by atoms with van der Waals surface area (Å²) in [5.41, 5.74) is 3.35. The Bertz CT molecular complexity index is 677. The first kappa shape index (κ1) is 15.7. The fourth-order valence-corrected chi connectivity index (χ4v) is 3.31. The summed E-state index contributed by atoms with van der Waals surface area (Å²) in [6.07, 6.45) is 4.43. The van der Waals surface area contributed by atoms with Crippen LogP contribution >= 0.6 is 23.2 Å². The molecule has 3 rings (SSSR count). The summed E-state index contributed by atoms with van der Waals surface area (Å²) >= 11 is 12.5. The van der Waals surface area contributed by atoms with E-state index in [-0.39, 0.29) is 0 Å². The number of nitrogens with zero attached hydrogens (tertiary/aromatic N) is 2. The zero-order valence-electron chi connectivity index (χ0n) is 13.0. The van der Waals surface area contributed by atoms with Gasteiger partial charge in [0.2, 0.25) is 0 Å². The molecule has 1 aliphatic heterocycles. The zero-order chi connectivity index (χ0) is 15.7. The van der Waals surface area contributed by atoms with Crippen LogP contribution in [0.15, 0.2) is 18.2 Å². The van der Waals surface area contributed by atoms with Gasteiger partial charge in [-0.3, -0.25) is 0 Å². The standard InChI is InChI=1S/C17H21Cl2N3/c1-11(2)9-15-13-5-3-4-8-20-17(13)22(21-15)16-10-12(18)6-7-14(16)19/h6-7,10-11,20H,3-5,8-9H2,1-2H3. The highest BCUT2D eigenvalue weighted by Gasteiger charge is 2.22. The summed E-state index contributed by atoms with van der Waals surface area (Å²) < 4.78 is 1.94. The van der Waals surface area contributed by atoms with Gasteiger partial charge in [0.1, 0.15) is 5.82 Å². The third-order valence-corrected chi connectivity index (χ3v) is 4.51. The van der Waals surface area contributed by atoms with Gasteiger partial charge in [0.15, 0.2) is 0 Å². The number of halogens is 2. The fourth-order valence-electron chi connectivity index (χ4n) is 2.95. The Morgan fingerprint density at radius 2 is 2.09 bits per heavy atom. The number of benzene rings is 1. The number of aromatic nitrogens is 2. The molecular formula is C17H21Cl2N3. The molecule has 0 aliphatic carbocycles. The molecule has 0 fully saturated rings. The highest BCUT2D eigenvalue weighted by atomic mass is 35.5. The first-order valence-electron chi connectivity index (χ1n) is 7.86. The molecule has 2 heterocycles. The first-order chi connectivity index (χ1) is 10.6. The van der Waals surface area contributed by atoms with Gasteiger partial charge in [0.05, 0.1) is 16.4 Å². The zero-order valence-corrected chi connectivity index (χ0v) is 14.5. The van der Waals surface area contributed by atoms with Crippen molar-refractivity contribution in [2.24, 2.45) is 5.92 Å². The Morgan fingerprint density at radius 1 is 1.27 bits per heavy atom. The van der Waals surface area contributed by atoms with E-state index in [4.69, 9.17) is 28.3 Å². The van der Waals surface area contributed by atoms with E-state index >= 15 is 0 Å². The first-order valence-corrected chi connectivity index (χ1v) is 8.62. The monoisotopic (exact) mass is 337 g/mol. The summed E-state index contributed by atoms with van der Waals surface area (Å²) in [6.45, 7) is 5.42. The van der Waals surface area contributed by atoms with Gasteiger partial charge in [-0.05, 0) is 49.8 Å². The van der Waals surface area contributed by atoms with Gasteiger partial charge in [-0.15, -0.1) is 0 Å². The van der Waals surface area contributed by atoms with Crippen molar-refractivity contribution >= 4 is 29.0 Å². The second-order valence-corrected chi connectivity index (χ2v) is 7.11. The molecule has 2 aromatic rings. The Labute approximate surface area is 141 Å². The van der Waals surface area contributed by atoms with Crippen LogP contribution in [-0.4, -0.2) is 16.3 Å². The summed E-state index contributed by atoms with van der Waals surface area (Å²) in [4.78, 5) is 0. The van der Waals surface area contributed by atoms with Crippen LogP contribution in [0, 0.1) is 5.92 Å². The van der Waals surface area contributed by atoms with Crippen molar-refractivity contribution in [2.75, 3.05) is 11.9 Å². The molecule has 1 aliphatic rings. The van der Waals surface area contributed by atoms with E-state index in [0.29, 0.717) is 16.0 Å². The van der Waals surface area contributed by atoms with E-state index in [1.807, 2.05) is 16.8 Å². The number of fused-ring (bicyclic) bond motifs is 1. The molecule has 0 saturated heterocycles. The van der Waals surface area contributed by atoms with E-state index in [0.717, 1.165) is 30.9 Å². The summed E-state index contributed by atoms with van der Waals surface area (Å²) in [7, 11) is 0. The summed E-state index contributed by atoms with van der Waals surface area (Å²) in [5.74, 6) is 1.66. The number of anilines is 1. The lowest BCUT2D eigenvalue weighted by Gasteiger charge is -2.11. The topological polar surface area (TPSA) is 29.9 Å². The molecule has 0 radical (unpaired) electrons. The molecular weight excluding hydrogens is 317 g/mol. The number of hydrogen-bond donors (Lipinski definition) is 1. The molecule has 0 bridgehead atoms. The van der Waals surface area contributed by atoms with Gasteiger partial charge in [0.25, 0.3) is 0 Å². The molecule has 0 atom stereocenters. The van der Waals surface area contributed by atoms with Gasteiger partial charge in [-0.1, -0.05) is 37.0 Å². The Kier molecular flexibility index (Phi) is 4.65. The molecule has 1 aromatic heterocycles. The van der Waals surface area contributed by atoms with Gasteiger partial charge in [-0.2, -0.15) is 5.10 Å². The minimum absolute atomic E-state index is 0.575. The molecule has 22 heavy (non-hydrogen) atoms. The van der Waals surface area contributed by atoms with Gasteiger partial charge >= 0.3 is 0 Å². The average molecular weight is 338 g/mol. The van der Waals surface area contributed by atoms with E-state index in [1.165, 1.54) is 24.1 Å². The smallest absolute Gasteiger partial charge is 0.133 e. The molecule has 1 N–H and O–H groups in total. The minimum Gasteiger partial charge on any atom is -0.370 e. The molecule has 3 nitrogen and oxygen atoms in total. The van der Waals surface area contributed by atoms with E-state index in [2.05, 4.69) is 19.2 Å². The number of rotatable bonds is 3. The fraction of sp³-hybridized carbons (Fsp3) is 0.471. The summed E-state index contributed by atoms with van der Waals surface area (Å²) in [5, 5.41) is 9.72. The Hall–Kier alpha value is -1.19. The maximum absolute atomic E-state index is 6.38. The van der Waals surface area contributed by atoms with Crippen molar-refractivity contribution in [2.45, 2.75) is 39.5 Å². The maximum Gasteiger partial charge on any atom is 0.133 e. The van der Waals surface area contributed by atoms with E-state index < -0.39 is 0 Å². The van der Waals surface area contributed by atoms with Crippen LogP contribution in [0.3, 0.4) is 0 Å². The molecule has 118 valence electrons. The van der Waals surface area contributed by atoms with Crippen LogP contribution in [-0.2, 0) is 12.8 Å². The third-order valence-electron chi connectivity index (χ3n) is 3.95. The normalized spacial score (nSPS) is 14.6. The lowest BCUT2D eigenvalue weighted by molar-refractivity contribution is 0.622. The molecule has 0 saturated carbocycles. The average Bonchev–Trinajstić information content (AvgIpc) is 2.65. The highest BCUT2D eigenvalue weighted by molar-refractivity contribution is 6.34. The molecule has 0 spiro atoms. The summed E-state index contributed by atoms with van der Waals surface area (Å²) in [6, 6.07) is 5.51. The number of nitrogens with one attached hydrogen (secondary N) is 1. The molecule has 5 heteroatoms. The van der Waals surface area contributed by atoms with Crippen molar-refractivity contribution in [3.63, 3.8) is 0 Å². The van der Waals surface area contributed by atoms with Crippen LogP contribution in [0.1, 0.15) is 37.9 Å². The lowest BCUT2D eigenvalue weighted by Crippen LogP contribution is -2.07. The molecule has 0 unspecified atom stereocenters. The predicted octanol–water partition coefficient (Wildman–Crippen LogP) is 5.13. The van der Waals surface area contributed by atoms with Crippen LogP contribution in [0.4, 0.5) is 5.82 Å². The second-order valence-electron chi connectivity index (χ2n) is 6.26. The maximum atomic E-state index is 6.38.